The van der Waals surface area contributed by atoms with E-state index in [1.165, 1.54) is 5.56 Å². The third-order valence-corrected chi connectivity index (χ3v) is 2.68. The van der Waals surface area contributed by atoms with E-state index in [0.29, 0.717) is 17.5 Å². The van der Waals surface area contributed by atoms with Crippen LogP contribution in [0.1, 0.15) is 25.3 Å². The minimum atomic E-state index is 0.372. The van der Waals surface area contributed by atoms with Crippen LogP contribution in [-0.4, -0.2) is 12.3 Å². The molecule has 2 rings (SSSR count). The summed E-state index contributed by atoms with van der Waals surface area (Å²) in [6.45, 7) is 4.28. The molecule has 0 spiro atoms. The van der Waals surface area contributed by atoms with Crippen LogP contribution >= 0.6 is 0 Å². The maximum atomic E-state index is 5.56. The fraction of sp³-hybridized carbons (Fsp3) is 0.308. The predicted octanol–water partition coefficient (Wildman–Crippen LogP) is 3.06. The summed E-state index contributed by atoms with van der Waals surface area (Å²) in [6, 6.07) is 7.72. The molecule has 0 aliphatic rings. The largest absolute Gasteiger partial charge is 0.496 e. The second kappa shape index (κ2) is 4.49. The van der Waals surface area contributed by atoms with Gasteiger partial charge in [0.05, 0.1) is 12.7 Å². The lowest BCUT2D eigenvalue weighted by molar-refractivity contribution is 0.406. The summed E-state index contributed by atoms with van der Waals surface area (Å²) in [5, 5.41) is 3.69. The molecule has 0 atom stereocenters. The first-order chi connectivity index (χ1) is 8.11. The van der Waals surface area contributed by atoms with E-state index >= 15 is 0 Å². The van der Waals surface area contributed by atoms with E-state index in [1.54, 1.807) is 13.2 Å². The highest BCUT2D eigenvalue weighted by Gasteiger charge is 2.13. The van der Waals surface area contributed by atoms with Gasteiger partial charge in [0.15, 0.2) is 11.6 Å². The molecule has 0 bridgehead atoms. The van der Waals surface area contributed by atoms with Crippen molar-refractivity contribution in [3.63, 3.8) is 0 Å². The van der Waals surface area contributed by atoms with Crippen molar-refractivity contribution in [2.75, 3.05) is 12.8 Å². The molecule has 0 aliphatic heterocycles. The summed E-state index contributed by atoms with van der Waals surface area (Å²) in [7, 11) is 1.63. The quantitative estimate of drug-likeness (QED) is 0.883. The molecule has 1 aromatic heterocycles. The average Bonchev–Trinajstić information content (AvgIpc) is 2.74. The number of ether oxygens (including phenoxy) is 1. The van der Waals surface area contributed by atoms with Crippen LogP contribution in [0.3, 0.4) is 0 Å². The highest BCUT2D eigenvalue weighted by Crippen LogP contribution is 2.33. The average molecular weight is 232 g/mol. The van der Waals surface area contributed by atoms with Gasteiger partial charge < -0.3 is 15.0 Å². The number of hydrogen-bond donors (Lipinski definition) is 1. The van der Waals surface area contributed by atoms with E-state index in [0.717, 1.165) is 11.3 Å². The molecule has 1 aromatic carbocycles. The maximum Gasteiger partial charge on any atom is 0.172 e. The molecular formula is C13H16N2O2. The number of methoxy groups -OCH3 is 1. The number of aromatic nitrogens is 1. The van der Waals surface area contributed by atoms with Crippen LogP contribution in [-0.2, 0) is 0 Å². The highest BCUT2D eigenvalue weighted by atomic mass is 16.5. The third kappa shape index (κ3) is 2.25. The van der Waals surface area contributed by atoms with Crippen molar-refractivity contribution in [3.05, 3.63) is 29.8 Å². The summed E-state index contributed by atoms with van der Waals surface area (Å²) < 4.78 is 10.5. The van der Waals surface area contributed by atoms with Gasteiger partial charge in [-0.1, -0.05) is 25.1 Å². The Hall–Kier alpha value is -1.97. The van der Waals surface area contributed by atoms with E-state index in [4.69, 9.17) is 15.0 Å². The lowest BCUT2D eigenvalue weighted by atomic mass is 9.99. The highest BCUT2D eigenvalue weighted by molar-refractivity contribution is 5.68. The molecule has 0 amide bonds. The first-order valence-corrected chi connectivity index (χ1v) is 5.52. The first-order valence-electron chi connectivity index (χ1n) is 5.52. The van der Waals surface area contributed by atoms with E-state index < -0.39 is 0 Å². The van der Waals surface area contributed by atoms with Crippen LogP contribution in [0.15, 0.2) is 28.8 Å². The number of nitrogens with two attached hydrogens (primary N) is 1. The standard InChI is InChI=1S/C13H16N2O2/c1-8(2)9-4-5-11(16-3)10(6-9)12-7-13(14)15-17-12/h4-8H,1-3H3,(H2,14,15). The van der Waals surface area contributed by atoms with Gasteiger partial charge in [0.1, 0.15) is 5.75 Å². The van der Waals surface area contributed by atoms with Crippen LogP contribution in [0.25, 0.3) is 11.3 Å². The van der Waals surface area contributed by atoms with Crippen molar-refractivity contribution < 1.29 is 9.26 Å². The number of rotatable bonds is 3. The number of nitrogen functional groups attached to an aromatic ring is 1. The molecular weight excluding hydrogens is 216 g/mol. The maximum absolute atomic E-state index is 5.56. The molecule has 0 saturated carbocycles. The Balaban J connectivity index is 2.53. The van der Waals surface area contributed by atoms with Crippen molar-refractivity contribution in [1.29, 1.82) is 0 Å². The molecule has 0 fully saturated rings. The van der Waals surface area contributed by atoms with Gasteiger partial charge in [-0.25, -0.2) is 0 Å². The zero-order valence-electron chi connectivity index (χ0n) is 10.2. The molecule has 4 nitrogen and oxygen atoms in total. The molecule has 17 heavy (non-hydrogen) atoms. The normalized spacial score (nSPS) is 10.8. The van der Waals surface area contributed by atoms with Crippen molar-refractivity contribution in [2.24, 2.45) is 0 Å². The third-order valence-electron chi connectivity index (χ3n) is 2.68. The molecule has 2 aromatic rings. The Labute approximate surface area is 100 Å². The number of benzene rings is 1. The van der Waals surface area contributed by atoms with E-state index in [2.05, 4.69) is 19.0 Å². The van der Waals surface area contributed by atoms with E-state index in [1.807, 2.05) is 18.2 Å². The molecule has 90 valence electrons. The van der Waals surface area contributed by atoms with Crippen molar-refractivity contribution in [1.82, 2.24) is 5.16 Å². The summed E-state index contributed by atoms with van der Waals surface area (Å²) in [6.07, 6.45) is 0. The van der Waals surface area contributed by atoms with Crippen LogP contribution < -0.4 is 10.5 Å². The smallest absolute Gasteiger partial charge is 0.172 e. The minimum Gasteiger partial charge on any atom is -0.496 e. The Bertz CT molecular complexity index is 518. The topological polar surface area (TPSA) is 61.3 Å². The van der Waals surface area contributed by atoms with Gasteiger partial charge in [-0.2, -0.15) is 0 Å². The SMILES string of the molecule is COc1ccc(C(C)C)cc1-c1cc(N)no1. The van der Waals surface area contributed by atoms with Gasteiger partial charge in [0, 0.05) is 6.07 Å². The molecule has 2 N–H and O–H groups in total. The van der Waals surface area contributed by atoms with Gasteiger partial charge in [-0.05, 0) is 23.6 Å². The molecule has 1 heterocycles. The molecule has 0 aliphatic carbocycles. The van der Waals surface area contributed by atoms with Crippen LogP contribution in [0.4, 0.5) is 5.82 Å². The molecule has 4 heteroatoms. The summed E-state index contributed by atoms with van der Waals surface area (Å²) in [5.41, 5.74) is 7.66. The zero-order valence-corrected chi connectivity index (χ0v) is 10.2. The first kappa shape index (κ1) is 11.5. The fourth-order valence-corrected chi connectivity index (χ4v) is 1.69. The van der Waals surface area contributed by atoms with Crippen LogP contribution in [0.2, 0.25) is 0 Å². The minimum absolute atomic E-state index is 0.372. The Morgan fingerprint density at radius 3 is 2.59 bits per heavy atom. The lowest BCUT2D eigenvalue weighted by Gasteiger charge is -2.10. The van der Waals surface area contributed by atoms with Gasteiger partial charge >= 0.3 is 0 Å². The summed E-state index contributed by atoms with van der Waals surface area (Å²) in [5.74, 6) is 2.20. The molecule has 0 saturated heterocycles. The Morgan fingerprint density at radius 2 is 2.06 bits per heavy atom. The monoisotopic (exact) mass is 232 g/mol. The Kier molecular flexibility index (Phi) is 3.04. The van der Waals surface area contributed by atoms with Crippen molar-refractivity contribution in [2.45, 2.75) is 19.8 Å². The van der Waals surface area contributed by atoms with E-state index in [-0.39, 0.29) is 0 Å². The number of nitrogens with zero attached hydrogens (tertiary/aromatic N) is 1. The molecule has 0 radical (unpaired) electrons. The number of anilines is 1. The second-order valence-electron chi connectivity index (χ2n) is 4.23. The van der Waals surface area contributed by atoms with Crippen molar-refractivity contribution >= 4 is 5.82 Å². The van der Waals surface area contributed by atoms with Crippen molar-refractivity contribution in [3.8, 4) is 17.1 Å². The second-order valence-corrected chi connectivity index (χ2v) is 4.23. The molecule has 0 unspecified atom stereocenters. The lowest BCUT2D eigenvalue weighted by Crippen LogP contribution is -1.92. The van der Waals surface area contributed by atoms with Crippen LogP contribution in [0.5, 0.6) is 5.75 Å². The van der Waals surface area contributed by atoms with Gasteiger partial charge in [0.2, 0.25) is 0 Å². The van der Waals surface area contributed by atoms with Crippen LogP contribution in [0, 0.1) is 0 Å². The van der Waals surface area contributed by atoms with E-state index in [9.17, 15) is 0 Å². The zero-order chi connectivity index (χ0) is 12.4. The predicted molar refractivity (Wildman–Crippen MR) is 67.0 cm³/mol. The number of hydrogen-bond acceptors (Lipinski definition) is 4. The van der Waals surface area contributed by atoms with Gasteiger partial charge in [0.25, 0.3) is 0 Å². The Morgan fingerprint density at radius 1 is 1.29 bits per heavy atom. The summed E-state index contributed by atoms with van der Waals surface area (Å²) >= 11 is 0. The van der Waals surface area contributed by atoms with Gasteiger partial charge in [-0.15, -0.1) is 0 Å². The van der Waals surface area contributed by atoms with Gasteiger partial charge in [-0.3, -0.25) is 0 Å². The fourth-order valence-electron chi connectivity index (χ4n) is 1.69. The summed E-state index contributed by atoms with van der Waals surface area (Å²) in [4.78, 5) is 0.